The van der Waals surface area contributed by atoms with Crippen LogP contribution in [0.15, 0.2) is 28.7 Å². The molecule has 3 nitrogen and oxygen atoms in total. The summed E-state index contributed by atoms with van der Waals surface area (Å²) in [5, 5.41) is 9.24. The van der Waals surface area contributed by atoms with E-state index in [2.05, 4.69) is 20.8 Å². The second-order valence-electron chi connectivity index (χ2n) is 4.65. The number of carboxylic acid groups (broad SMARTS) is 1. The first kappa shape index (κ1) is 12.6. The molecule has 1 aromatic carbocycles. The van der Waals surface area contributed by atoms with Crippen molar-refractivity contribution in [3.63, 3.8) is 0 Å². The molecule has 0 saturated carbocycles. The van der Waals surface area contributed by atoms with Crippen molar-refractivity contribution in [1.29, 1.82) is 0 Å². The van der Waals surface area contributed by atoms with Gasteiger partial charge in [0.1, 0.15) is 6.04 Å². The first-order chi connectivity index (χ1) is 8.08. The fraction of sp³-hybridized carbons (Fsp3) is 0.462. The largest absolute Gasteiger partial charge is 0.480 e. The molecular weight excluding hydrogens is 282 g/mol. The van der Waals surface area contributed by atoms with Gasteiger partial charge in [-0.15, -0.1) is 0 Å². The van der Waals surface area contributed by atoms with Gasteiger partial charge in [0.05, 0.1) is 0 Å². The number of benzene rings is 1. The third-order valence-corrected chi connectivity index (χ3v) is 3.83. The van der Waals surface area contributed by atoms with Gasteiger partial charge in [-0.05, 0) is 36.6 Å². The molecule has 17 heavy (non-hydrogen) atoms. The molecule has 0 spiro atoms. The summed E-state index contributed by atoms with van der Waals surface area (Å²) in [6.45, 7) is 3.59. The highest BCUT2D eigenvalue weighted by Gasteiger charge is 2.36. The molecule has 92 valence electrons. The summed E-state index contributed by atoms with van der Waals surface area (Å²) in [5.41, 5.74) is 1.15. The maximum absolute atomic E-state index is 11.2. The molecule has 1 aromatic rings. The molecule has 1 aliphatic heterocycles. The molecule has 2 atom stereocenters. The summed E-state index contributed by atoms with van der Waals surface area (Å²) >= 11 is 3.43. The van der Waals surface area contributed by atoms with Gasteiger partial charge in [-0.3, -0.25) is 9.69 Å². The van der Waals surface area contributed by atoms with Crippen LogP contribution in [-0.2, 0) is 11.3 Å². The van der Waals surface area contributed by atoms with E-state index in [0.717, 1.165) is 23.0 Å². The quantitative estimate of drug-likeness (QED) is 0.933. The smallest absolute Gasteiger partial charge is 0.321 e. The minimum Gasteiger partial charge on any atom is -0.480 e. The van der Waals surface area contributed by atoms with Crippen molar-refractivity contribution in [3.05, 3.63) is 34.3 Å². The zero-order valence-electron chi connectivity index (χ0n) is 9.77. The number of aliphatic carboxylic acids is 1. The Labute approximate surface area is 110 Å². The molecule has 2 rings (SSSR count). The van der Waals surface area contributed by atoms with Crippen molar-refractivity contribution in [2.45, 2.75) is 25.9 Å². The maximum atomic E-state index is 11.2. The van der Waals surface area contributed by atoms with Gasteiger partial charge >= 0.3 is 5.97 Å². The van der Waals surface area contributed by atoms with Crippen LogP contribution in [0, 0.1) is 5.92 Å². The van der Waals surface area contributed by atoms with E-state index in [0.29, 0.717) is 6.54 Å². The Hall–Kier alpha value is -0.870. The van der Waals surface area contributed by atoms with Crippen molar-refractivity contribution >= 4 is 21.9 Å². The lowest BCUT2D eigenvalue weighted by atomic mass is 10.0. The highest BCUT2D eigenvalue weighted by Crippen LogP contribution is 2.26. The number of halogens is 1. The van der Waals surface area contributed by atoms with Crippen molar-refractivity contribution in [3.8, 4) is 0 Å². The lowest BCUT2D eigenvalue weighted by Gasteiger charge is -2.23. The number of rotatable bonds is 3. The Morgan fingerprint density at radius 3 is 3.00 bits per heavy atom. The van der Waals surface area contributed by atoms with Crippen LogP contribution in [0.5, 0.6) is 0 Å². The van der Waals surface area contributed by atoms with Crippen molar-refractivity contribution in [2.24, 2.45) is 5.92 Å². The zero-order chi connectivity index (χ0) is 12.4. The fourth-order valence-electron chi connectivity index (χ4n) is 2.47. The summed E-state index contributed by atoms with van der Waals surface area (Å²) in [6.07, 6.45) is 0.963. The minimum absolute atomic E-state index is 0.236. The van der Waals surface area contributed by atoms with Crippen molar-refractivity contribution in [1.82, 2.24) is 4.90 Å². The average molecular weight is 298 g/mol. The Morgan fingerprint density at radius 2 is 2.35 bits per heavy atom. The Morgan fingerprint density at radius 1 is 1.59 bits per heavy atom. The van der Waals surface area contributed by atoms with E-state index in [9.17, 15) is 9.90 Å². The fourth-order valence-corrected chi connectivity index (χ4v) is 2.92. The zero-order valence-corrected chi connectivity index (χ0v) is 11.4. The van der Waals surface area contributed by atoms with Gasteiger partial charge in [-0.1, -0.05) is 35.0 Å². The second-order valence-corrected chi connectivity index (χ2v) is 5.57. The predicted molar refractivity (Wildman–Crippen MR) is 69.8 cm³/mol. The molecule has 0 bridgehead atoms. The number of carbonyl (C=O) groups is 1. The van der Waals surface area contributed by atoms with Gasteiger partial charge < -0.3 is 5.11 Å². The van der Waals surface area contributed by atoms with Gasteiger partial charge in [0, 0.05) is 11.0 Å². The molecule has 0 aromatic heterocycles. The molecule has 2 unspecified atom stereocenters. The summed E-state index contributed by atoms with van der Waals surface area (Å²) in [4.78, 5) is 13.3. The summed E-state index contributed by atoms with van der Waals surface area (Å²) in [7, 11) is 0. The van der Waals surface area contributed by atoms with Gasteiger partial charge in [0.2, 0.25) is 0 Å². The topological polar surface area (TPSA) is 40.5 Å². The van der Waals surface area contributed by atoms with Crippen LogP contribution >= 0.6 is 15.9 Å². The molecule has 1 saturated heterocycles. The highest BCUT2D eigenvalue weighted by atomic mass is 79.9. The van der Waals surface area contributed by atoms with Crippen LogP contribution in [0.4, 0.5) is 0 Å². The first-order valence-corrected chi connectivity index (χ1v) is 6.58. The molecule has 1 aliphatic rings. The van der Waals surface area contributed by atoms with Crippen LogP contribution in [0.25, 0.3) is 0 Å². The maximum Gasteiger partial charge on any atom is 0.321 e. The monoisotopic (exact) mass is 297 g/mol. The van der Waals surface area contributed by atoms with Crippen molar-refractivity contribution < 1.29 is 9.90 Å². The van der Waals surface area contributed by atoms with Crippen LogP contribution in [-0.4, -0.2) is 28.6 Å². The van der Waals surface area contributed by atoms with Crippen LogP contribution in [0.3, 0.4) is 0 Å². The number of likely N-dealkylation sites (tertiary alicyclic amines) is 1. The number of hydrogen-bond acceptors (Lipinski definition) is 2. The van der Waals surface area contributed by atoms with Crippen LogP contribution in [0.2, 0.25) is 0 Å². The van der Waals surface area contributed by atoms with E-state index in [4.69, 9.17) is 0 Å². The molecule has 4 heteroatoms. The normalized spacial score (nSPS) is 25.1. The summed E-state index contributed by atoms with van der Waals surface area (Å²) < 4.78 is 1.04. The molecule has 0 aliphatic carbocycles. The number of carboxylic acids is 1. The molecule has 1 fully saturated rings. The SMILES string of the molecule is CC1CCN(Cc2cccc(Br)c2)C1C(=O)O. The van der Waals surface area contributed by atoms with Crippen LogP contribution in [0.1, 0.15) is 18.9 Å². The predicted octanol–water partition coefficient (Wildman–Crippen LogP) is 2.74. The van der Waals surface area contributed by atoms with E-state index in [-0.39, 0.29) is 12.0 Å². The summed E-state index contributed by atoms with van der Waals surface area (Å²) in [6, 6.07) is 7.70. The second kappa shape index (κ2) is 5.19. The lowest BCUT2D eigenvalue weighted by molar-refractivity contribution is -0.143. The average Bonchev–Trinajstić information content (AvgIpc) is 2.59. The first-order valence-electron chi connectivity index (χ1n) is 5.79. The molecule has 0 amide bonds. The molecule has 1 N–H and O–H groups in total. The van der Waals surface area contributed by atoms with E-state index in [1.807, 2.05) is 31.2 Å². The van der Waals surface area contributed by atoms with E-state index >= 15 is 0 Å². The number of nitrogens with zero attached hydrogens (tertiary/aromatic N) is 1. The Kier molecular flexibility index (Phi) is 3.84. The highest BCUT2D eigenvalue weighted by molar-refractivity contribution is 9.10. The lowest BCUT2D eigenvalue weighted by Crippen LogP contribution is -2.38. The van der Waals surface area contributed by atoms with E-state index in [1.165, 1.54) is 0 Å². The van der Waals surface area contributed by atoms with Gasteiger partial charge in [-0.25, -0.2) is 0 Å². The molecule has 1 heterocycles. The van der Waals surface area contributed by atoms with Gasteiger partial charge in [0.25, 0.3) is 0 Å². The van der Waals surface area contributed by atoms with Crippen LogP contribution < -0.4 is 0 Å². The Bertz CT molecular complexity index is 422. The third-order valence-electron chi connectivity index (χ3n) is 3.33. The molecule has 0 radical (unpaired) electrons. The summed E-state index contributed by atoms with van der Waals surface area (Å²) in [5.74, 6) is -0.468. The van der Waals surface area contributed by atoms with Crippen molar-refractivity contribution in [2.75, 3.05) is 6.54 Å². The minimum atomic E-state index is -0.704. The van der Waals surface area contributed by atoms with Gasteiger partial charge in [-0.2, -0.15) is 0 Å². The third kappa shape index (κ3) is 2.87. The van der Waals surface area contributed by atoms with E-state index < -0.39 is 5.97 Å². The van der Waals surface area contributed by atoms with E-state index in [1.54, 1.807) is 0 Å². The standard InChI is InChI=1S/C13H16BrNO2/c1-9-5-6-15(12(9)13(16)17)8-10-3-2-4-11(14)7-10/h2-4,7,9,12H,5-6,8H2,1H3,(H,16,17). The Balaban J connectivity index is 2.11. The number of hydrogen-bond donors (Lipinski definition) is 1. The molecular formula is C13H16BrNO2. The van der Waals surface area contributed by atoms with Gasteiger partial charge in [0.15, 0.2) is 0 Å².